The van der Waals surface area contributed by atoms with E-state index in [1.54, 1.807) is 17.0 Å². The van der Waals surface area contributed by atoms with E-state index in [-0.39, 0.29) is 36.0 Å². The van der Waals surface area contributed by atoms with Gasteiger partial charge in [0.25, 0.3) is 5.91 Å². The number of nitrogens with one attached hydrogen (secondary N) is 1. The van der Waals surface area contributed by atoms with Crippen molar-refractivity contribution < 1.29 is 14.0 Å². The zero-order valence-electron chi connectivity index (χ0n) is 15.1. The van der Waals surface area contributed by atoms with Gasteiger partial charge in [0.2, 0.25) is 5.91 Å². The first kappa shape index (κ1) is 20.7. The normalized spacial score (nSPS) is 16.4. The van der Waals surface area contributed by atoms with Crippen LogP contribution in [-0.4, -0.2) is 29.8 Å². The number of aryl methyl sites for hydroxylation is 1. The predicted molar refractivity (Wildman–Crippen MR) is 106 cm³/mol. The van der Waals surface area contributed by atoms with Crippen molar-refractivity contribution in [1.29, 1.82) is 0 Å². The molecule has 1 aliphatic rings. The van der Waals surface area contributed by atoms with Gasteiger partial charge in [0.1, 0.15) is 5.82 Å². The second kappa shape index (κ2) is 8.86. The van der Waals surface area contributed by atoms with Crippen LogP contribution in [0.4, 0.5) is 15.8 Å². The first-order chi connectivity index (χ1) is 12.4. The number of carbonyl (C=O) groups is 2. The molecule has 3 N–H and O–H groups in total. The molecular formula is C20H23ClFN3O2. The lowest BCUT2D eigenvalue weighted by Gasteiger charge is -2.32. The number of nitrogens with zero attached hydrogens (tertiary/aromatic N) is 1. The molecule has 0 saturated carbocycles. The van der Waals surface area contributed by atoms with E-state index >= 15 is 0 Å². The van der Waals surface area contributed by atoms with Gasteiger partial charge < -0.3 is 16.0 Å². The fourth-order valence-corrected chi connectivity index (χ4v) is 3.16. The van der Waals surface area contributed by atoms with Gasteiger partial charge in [-0.15, -0.1) is 12.4 Å². The third kappa shape index (κ3) is 4.98. The smallest absolute Gasteiger partial charge is 0.253 e. The van der Waals surface area contributed by atoms with Gasteiger partial charge in [0, 0.05) is 30.0 Å². The molecule has 2 aromatic rings. The van der Waals surface area contributed by atoms with Gasteiger partial charge in [0.15, 0.2) is 0 Å². The summed E-state index contributed by atoms with van der Waals surface area (Å²) in [4.78, 5) is 26.9. The first-order valence-electron chi connectivity index (χ1n) is 8.66. The molecule has 0 bridgehead atoms. The number of halogens is 2. The minimum absolute atomic E-state index is 0. The van der Waals surface area contributed by atoms with Crippen LogP contribution in [-0.2, 0) is 4.79 Å². The Morgan fingerprint density at radius 1 is 1.19 bits per heavy atom. The predicted octanol–water partition coefficient (Wildman–Crippen LogP) is 3.63. The number of rotatable bonds is 3. The summed E-state index contributed by atoms with van der Waals surface area (Å²) < 4.78 is 13.0. The summed E-state index contributed by atoms with van der Waals surface area (Å²) in [6.07, 6.45) is 1.47. The third-order valence-corrected chi connectivity index (χ3v) is 4.69. The van der Waals surface area contributed by atoms with Gasteiger partial charge in [-0.05, 0) is 61.7 Å². The maximum absolute atomic E-state index is 13.0. The maximum Gasteiger partial charge on any atom is 0.253 e. The summed E-state index contributed by atoms with van der Waals surface area (Å²) in [7, 11) is 0. The Kier molecular flexibility index (Phi) is 6.80. The molecule has 1 fully saturated rings. The standard InChI is InChI=1S/C20H22FN3O2.ClH/c1-13-4-9-17(22)11-18(13)23-19(25)15-3-2-10-24(12-15)20(26)14-5-7-16(21)8-6-14;/h4-9,11,15H,2-3,10,12,22H2,1H3,(H,23,25);1H. The maximum atomic E-state index is 13.0. The molecule has 3 rings (SSSR count). The van der Waals surface area contributed by atoms with Crippen LogP contribution in [0.15, 0.2) is 42.5 Å². The van der Waals surface area contributed by atoms with Crippen molar-refractivity contribution in [3.05, 3.63) is 59.4 Å². The van der Waals surface area contributed by atoms with Crippen LogP contribution >= 0.6 is 12.4 Å². The molecule has 144 valence electrons. The summed E-state index contributed by atoms with van der Waals surface area (Å²) in [5.74, 6) is -0.957. The number of nitrogen functional groups attached to an aromatic ring is 1. The molecule has 1 saturated heterocycles. The lowest BCUT2D eigenvalue weighted by molar-refractivity contribution is -0.121. The lowest BCUT2D eigenvalue weighted by atomic mass is 9.96. The molecule has 2 aromatic carbocycles. The molecule has 0 aromatic heterocycles. The summed E-state index contributed by atoms with van der Waals surface area (Å²) in [5.41, 5.74) is 8.43. The Bertz CT molecular complexity index is 826. The highest BCUT2D eigenvalue weighted by atomic mass is 35.5. The lowest BCUT2D eigenvalue weighted by Crippen LogP contribution is -2.43. The van der Waals surface area contributed by atoms with Crippen molar-refractivity contribution in [1.82, 2.24) is 4.90 Å². The van der Waals surface area contributed by atoms with Crippen LogP contribution in [0.1, 0.15) is 28.8 Å². The zero-order chi connectivity index (χ0) is 18.7. The van der Waals surface area contributed by atoms with Crippen LogP contribution in [0.25, 0.3) is 0 Å². The van der Waals surface area contributed by atoms with Crippen molar-refractivity contribution in [3.63, 3.8) is 0 Å². The zero-order valence-corrected chi connectivity index (χ0v) is 15.9. The number of carbonyl (C=O) groups excluding carboxylic acids is 2. The highest BCUT2D eigenvalue weighted by Gasteiger charge is 2.29. The Labute approximate surface area is 164 Å². The van der Waals surface area contributed by atoms with Crippen LogP contribution in [0.2, 0.25) is 0 Å². The number of anilines is 2. The summed E-state index contributed by atoms with van der Waals surface area (Å²) in [6, 6.07) is 10.9. The molecule has 1 aliphatic heterocycles. The van der Waals surface area contributed by atoms with Gasteiger partial charge in [-0.25, -0.2) is 4.39 Å². The molecule has 0 aliphatic carbocycles. The molecule has 1 atom stereocenters. The molecule has 1 unspecified atom stereocenters. The van der Waals surface area contributed by atoms with Crippen LogP contribution in [0.3, 0.4) is 0 Å². The number of nitrogens with two attached hydrogens (primary N) is 1. The quantitative estimate of drug-likeness (QED) is 0.784. The van der Waals surface area contributed by atoms with E-state index in [0.717, 1.165) is 18.4 Å². The number of amides is 2. The Balaban J connectivity index is 0.00000261. The largest absolute Gasteiger partial charge is 0.399 e. The fraction of sp³-hybridized carbons (Fsp3) is 0.300. The summed E-state index contributed by atoms with van der Waals surface area (Å²) >= 11 is 0. The first-order valence-corrected chi connectivity index (χ1v) is 8.66. The minimum atomic E-state index is -0.380. The molecule has 2 amide bonds. The summed E-state index contributed by atoms with van der Waals surface area (Å²) in [5, 5.41) is 2.92. The SMILES string of the molecule is Cc1ccc(N)cc1NC(=O)C1CCCN(C(=O)c2ccc(F)cc2)C1.Cl. The van der Waals surface area contributed by atoms with Crippen molar-refractivity contribution >= 4 is 35.6 Å². The van der Waals surface area contributed by atoms with Gasteiger partial charge in [-0.1, -0.05) is 6.07 Å². The second-order valence-corrected chi connectivity index (χ2v) is 6.66. The van der Waals surface area contributed by atoms with E-state index in [4.69, 9.17) is 5.73 Å². The fourth-order valence-electron chi connectivity index (χ4n) is 3.16. The van der Waals surface area contributed by atoms with E-state index < -0.39 is 0 Å². The number of piperidine rings is 1. The average Bonchev–Trinajstić information content (AvgIpc) is 2.65. The third-order valence-electron chi connectivity index (χ3n) is 4.69. The van der Waals surface area contributed by atoms with Crippen LogP contribution < -0.4 is 11.1 Å². The number of hydrogen-bond donors (Lipinski definition) is 2. The topological polar surface area (TPSA) is 75.4 Å². The van der Waals surface area contributed by atoms with E-state index in [0.29, 0.717) is 30.0 Å². The monoisotopic (exact) mass is 391 g/mol. The molecule has 5 nitrogen and oxygen atoms in total. The van der Waals surface area contributed by atoms with E-state index in [1.165, 1.54) is 24.3 Å². The number of likely N-dealkylation sites (tertiary alicyclic amines) is 1. The van der Waals surface area contributed by atoms with Gasteiger partial charge in [-0.2, -0.15) is 0 Å². The highest BCUT2D eigenvalue weighted by molar-refractivity contribution is 5.96. The van der Waals surface area contributed by atoms with Crippen molar-refractivity contribution in [2.75, 3.05) is 24.1 Å². The van der Waals surface area contributed by atoms with Crippen molar-refractivity contribution in [3.8, 4) is 0 Å². The van der Waals surface area contributed by atoms with Crippen LogP contribution in [0, 0.1) is 18.7 Å². The van der Waals surface area contributed by atoms with Crippen molar-refractivity contribution in [2.24, 2.45) is 5.92 Å². The molecule has 0 spiro atoms. The van der Waals surface area contributed by atoms with E-state index in [9.17, 15) is 14.0 Å². The molecule has 7 heteroatoms. The summed E-state index contributed by atoms with van der Waals surface area (Å²) in [6.45, 7) is 2.85. The van der Waals surface area contributed by atoms with Crippen LogP contribution in [0.5, 0.6) is 0 Å². The second-order valence-electron chi connectivity index (χ2n) is 6.66. The van der Waals surface area contributed by atoms with Gasteiger partial charge >= 0.3 is 0 Å². The van der Waals surface area contributed by atoms with Crippen molar-refractivity contribution in [2.45, 2.75) is 19.8 Å². The average molecular weight is 392 g/mol. The minimum Gasteiger partial charge on any atom is -0.399 e. The Morgan fingerprint density at radius 2 is 1.89 bits per heavy atom. The molecule has 27 heavy (non-hydrogen) atoms. The van der Waals surface area contributed by atoms with Gasteiger partial charge in [0.05, 0.1) is 5.92 Å². The number of hydrogen-bond acceptors (Lipinski definition) is 3. The number of benzene rings is 2. The van der Waals surface area contributed by atoms with E-state index in [1.807, 2.05) is 13.0 Å². The Morgan fingerprint density at radius 3 is 2.59 bits per heavy atom. The molecule has 1 heterocycles. The highest BCUT2D eigenvalue weighted by Crippen LogP contribution is 2.23. The van der Waals surface area contributed by atoms with Gasteiger partial charge in [-0.3, -0.25) is 9.59 Å². The Hall–Kier alpha value is -2.60. The molecule has 0 radical (unpaired) electrons. The van der Waals surface area contributed by atoms with E-state index in [2.05, 4.69) is 5.32 Å². The molecular weight excluding hydrogens is 369 g/mol.